The van der Waals surface area contributed by atoms with Gasteiger partial charge in [0, 0.05) is 32.7 Å². The maximum atomic E-state index is 13.2. The Labute approximate surface area is 164 Å². The van der Waals surface area contributed by atoms with E-state index in [9.17, 15) is 9.18 Å². The summed E-state index contributed by atoms with van der Waals surface area (Å²) in [6, 6.07) is 13.8. The van der Waals surface area contributed by atoms with E-state index in [2.05, 4.69) is 20.9 Å². The van der Waals surface area contributed by atoms with Gasteiger partial charge in [0.15, 0.2) is 5.96 Å². The molecule has 0 fully saturated rings. The highest BCUT2D eigenvalue weighted by Gasteiger charge is 2.04. The van der Waals surface area contributed by atoms with Crippen LogP contribution in [0.3, 0.4) is 0 Å². The lowest BCUT2D eigenvalue weighted by atomic mass is 10.1. The van der Waals surface area contributed by atoms with Crippen molar-refractivity contribution >= 4 is 35.8 Å². The van der Waals surface area contributed by atoms with Crippen LogP contribution in [0.2, 0.25) is 0 Å². The fraction of sp³-hybridized carbons (Fsp3) is 0.222. The molecule has 0 aliphatic heterocycles. The topological polar surface area (TPSA) is 65.5 Å². The van der Waals surface area contributed by atoms with Crippen LogP contribution in [-0.4, -0.2) is 26.0 Å². The molecule has 2 rings (SSSR count). The van der Waals surface area contributed by atoms with Crippen LogP contribution in [0.25, 0.3) is 0 Å². The first-order valence-corrected chi connectivity index (χ1v) is 7.62. The summed E-state index contributed by atoms with van der Waals surface area (Å²) in [6.07, 6.45) is 0. The Kier molecular flexibility index (Phi) is 8.90. The first-order valence-electron chi connectivity index (χ1n) is 7.62. The van der Waals surface area contributed by atoms with Crippen molar-refractivity contribution in [2.24, 2.45) is 4.99 Å². The van der Waals surface area contributed by atoms with Gasteiger partial charge in [0.1, 0.15) is 5.82 Å². The third-order valence-electron chi connectivity index (χ3n) is 3.45. The molecular formula is C18H22FIN4O. The maximum Gasteiger partial charge on any atom is 0.251 e. The molecule has 7 heteroatoms. The number of hydrogen-bond donors (Lipinski definition) is 3. The lowest BCUT2D eigenvalue weighted by Crippen LogP contribution is -2.36. The van der Waals surface area contributed by atoms with Gasteiger partial charge in [-0.1, -0.05) is 24.3 Å². The smallest absolute Gasteiger partial charge is 0.251 e. The summed E-state index contributed by atoms with van der Waals surface area (Å²) in [5.74, 6) is 0.221. The number of halogens is 2. The van der Waals surface area contributed by atoms with Gasteiger partial charge < -0.3 is 16.0 Å². The number of amides is 1. The zero-order chi connectivity index (χ0) is 17.4. The number of rotatable bonds is 5. The molecule has 0 bridgehead atoms. The van der Waals surface area contributed by atoms with E-state index in [1.54, 1.807) is 26.2 Å². The van der Waals surface area contributed by atoms with Crippen molar-refractivity contribution in [2.75, 3.05) is 14.1 Å². The average molecular weight is 456 g/mol. The number of nitrogens with zero attached hydrogens (tertiary/aromatic N) is 1. The predicted octanol–water partition coefficient (Wildman–Crippen LogP) is 2.67. The molecule has 0 saturated heterocycles. The summed E-state index contributed by atoms with van der Waals surface area (Å²) in [5.41, 5.74) is 2.41. The second-order valence-electron chi connectivity index (χ2n) is 5.19. The van der Waals surface area contributed by atoms with Crippen LogP contribution >= 0.6 is 24.0 Å². The highest BCUT2D eigenvalue weighted by Crippen LogP contribution is 2.05. The van der Waals surface area contributed by atoms with E-state index in [1.807, 2.05) is 24.3 Å². The van der Waals surface area contributed by atoms with Gasteiger partial charge in [0.05, 0.1) is 0 Å². The van der Waals surface area contributed by atoms with Crippen LogP contribution in [0, 0.1) is 5.82 Å². The summed E-state index contributed by atoms with van der Waals surface area (Å²) in [4.78, 5) is 15.8. The van der Waals surface area contributed by atoms with Crippen molar-refractivity contribution in [3.8, 4) is 0 Å². The molecule has 0 aliphatic rings. The number of carbonyl (C=O) groups is 1. The van der Waals surface area contributed by atoms with E-state index >= 15 is 0 Å². The number of guanidine groups is 1. The van der Waals surface area contributed by atoms with E-state index in [0.717, 1.165) is 11.1 Å². The molecule has 5 nitrogen and oxygen atoms in total. The SMILES string of the molecule is CN=C(NCc1cccc(F)c1)NCc1cccc(C(=O)NC)c1.I. The quantitative estimate of drug-likeness (QED) is 0.369. The van der Waals surface area contributed by atoms with Crippen LogP contribution in [0.4, 0.5) is 4.39 Å². The fourth-order valence-electron chi connectivity index (χ4n) is 2.21. The first-order chi connectivity index (χ1) is 11.6. The van der Waals surface area contributed by atoms with Crippen molar-refractivity contribution in [1.82, 2.24) is 16.0 Å². The van der Waals surface area contributed by atoms with Crippen molar-refractivity contribution < 1.29 is 9.18 Å². The Hall–Kier alpha value is -2.16. The molecule has 1 amide bonds. The Morgan fingerprint density at radius 2 is 1.64 bits per heavy atom. The van der Waals surface area contributed by atoms with Gasteiger partial charge in [0.2, 0.25) is 0 Å². The minimum atomic E-state index is -0.261. The second kappa shape index (κ2) is 10.7. The standard InChI is InChI=1S/C18H21FN4O.HI/c1-20-17(24)15-7-3-5-13(9-15)11-22-18(21-2)23-12-14-6-4-8-16(19)10-14;/h3-10H,11-12H2,1-2H3,(H,20,24)(H2,21,22,23);1H. The molecule has 3 N–H and O–H groups in total. The van der Waals surface area contributed by atoms with Crippen molar-refractivity contribution in [2.45, 2.75) is 13.1 Å². The summed E-state index contributed by atoms with van der Waals surface area (Å²) in [7, 11) is 3.27. The van der Waals surface area contributed by atoms with E-state index in [4.69, 9.17) is 0 Å². The molecule has 0 aromatic heterocycles. The molecule has 0 saturated carbocycles. The normalized spacial score (nSPS) is 10.6. The molecule has 25 heavy (non-hydrogen) atoms. The van der Waals surface area contributed by atoms with Crippen molar-refractivity contribution in [3.05, 3.63) is 71.0 Å². The fourth-order valence-corrected chi connectivity index (χ4v) is 2.21. The molecule has 2 aromatic rings. The van der Waals surface area contributed by atoms with Gasteiger partial charge in [-0.2, -0.15) is 0 Å². The Morgan fingerprint density at radius 3 is 2.20 bits per heavy atom. The third kappa shape index (κ3) is 6.69. The van der Waals surface area contributed by atoms with E-state index in [-0.39, 0.29) is 35.7 Å². The number of benzene rings is 2. The minimum absolute atomic E-state index is 0. The number of nitrogens with one attached hydrogen (secondary N) is 3. The zero-order valence-corrected chi connectivity index (χ0v) is 16.5. The second-order valence-corrected chi connectivity index (χ2v) is 5.19. The summed E-state index contributed by atoms with van der Waals surface area (Å²) < 4.78 is 13.2. The van der Waals surface area contributed by atoms with Crippen LogP contribution in [0.1, 0.15) is 21.5 Å². The molecule has 0 aliphatic carbocycles. The minimum Gasteiger partial charge on any atom is -0.355 e. The van der Waals surface area contributed by atoms with Crippen molar-refractivity contribution in [3.63, 3.8) is 0 Å². The number of carbonyl (C=O) groups excluding carboxylic acids is 1. The van der Waals surface area contributed by atoms with Crippen LogP contribution in [-0.2, 0) is 13.1 Å². The van der Waals surface area contributed by atoms with Gasteiger partial charge in [0.25, 0.3) is 5.91 Å². The largest absolute Gasteiger partial charge is 0.355 e. The molecule has 2 aromatic carbocycles. The number of hydrogen-bond acceptors (Lipinski definition) is 2. The summed E-state index contributed by atoms with van der Waals surface area (Å²) in [6.45, 7) is 0.989. The lowest BCUT2D eigenvalue weighted by Gasteiger charge is -2.12. The monoisotopic (exact) mass is 456 g/mol. The molecule has 0 heterocycles. The Morgan fingerprint density at radius 1 is 1.04 bits per heavy atom. The average Bonchev–Trinajstić information content (AvgIpc) is 2.61. The molecular weight excluding hydrogens is 434 g/mol. The predicted molar refractivity (Wildman–Crippen MR) is 109 cm³/mol. The van der Waals surface area contributed by atoms with Crippen LogP contribution in [0.5, 0.6) is 0 Å². The number of aliphatic imine (C=N–C) groups is 1. The zero-order valence-electron chi connectivity index (χ0n) is 14.2. The van der Waals surface area contributed by atoms with Crippen LogP contribution in [0.15, 0.2) is 53.5 Å². The molecule has 0 unspecified atom stereocenters. The van der Waals surface area contributed by atoms with E-state index < -0.39 is 0 Å². The lowest BCUT2D eigenvalue weighted by molar-refractivity contribution is 0.0963. The Bertz CT molecular complexity index is 737. The molecule has 0 spiro atoms. The van der Waals surface area contributed by atoms with E-state index in [1.165, 1.54) is 12.1 Å². The highest BCUT2D eigenvalue weighted by molar-refractivity contribution is 14.0. The van der Waals surface area contributed by atoms with Gasteiger partial charge >= 0.3 is 0 Å². The third-order valence-corrected chi connectivity index (χ3v) is 3.45. The Balaban J connectivity index is 0.00000312. The maximum absolute atomic E-state index is 13.2. The highest BCUT2D eigenvalue weighted by atomic mass is 127. The summed E-state index contributed by atoms with van der Waals surface area (Å²) in [5, 5.41) is 8.89. The van der Waals surface area contributed by atoms with Gasteiger partial charge in [-0.25, -0.2) is 4.39 Å². The van der Waals surface area contributed by atoms with E-state index in [0.29, 0.717) is 24.6 Å². The first kappa shape index (κ1) is 20.9. The van der Waals surface area contributed by atoms with Gasteiger partial charge in [-0.3, -0.25) is 9.79 Å². The summed E-state index contributed by atoms with van der Waals surface area (Å²) >= 11 is 0. The molecule has 0 radical (unpaired) electrons. The molecule has 0 atom stereocenters. The molecule has 134 valence electrons. The van der Waals surface area contributed by atoms with Crippen LogP contribution < -0.4 is 16.0 Å². The van der Waals surface area contributed by atoms with Crippen molar-refractivity contribution in [1.29, 1.82) is 0 Å². The van der Waals surface area contributed by atoms with Gasteiger partial charge in [-0.05, 0) is 35.4 Å². The van der Waals surface area contributed by atoms with Gasteiger partial charge in [-0.15, -0.1) is 24.0 Å².